The lowest BCUT2D eigenvalue weighted by atomic mass is 10.0. The molecule has 0 aromatic heterocycles. The van der Waals surface area contributed by atoms with Crippen LogP contribution in [0.5, 0.6) is 0 Å². The monoisotopic (exact) mass is 148 g/mol. The van der Waals surface area contributed by atoms with Gasteiger partial charge in [-0.3, -0.25) is 0 Å². The zero-order valence-electron chi connectivity index (χ0n) is 5.77. The summed E-state index contributed by atoms with van der Waals surface area (Å²) >= 11 is 0. The van der Waals surface area contributed by atoms with Gasteiger partial charge in [-0.25, -0.2) is 0 Å². The van der Waals surface area contributed by atoms with E-state index in [0.717, 1.165) is 0 Å². The van der Waals surface area contributed by atoms with Gasteiger partial charge in [-0.05, 0) is 6.92 Å². The summed E-state index contributed by atoms with van der Waals surface area (Å²) in [4.78, 5) is 0. The van der Waals surface area contributed by atoms with Gasteiger partial charge in [0.15, 0.2) is 6.29 Å². The first kappa shape index (κ1) is 7.94. The van der Waals surface area contributed by atoms with Crippen LogP contribution in [0.4, 0.5) is 0 Å². The number of ether oxygens (including phenoxy) is 1. The topological polar surface area (TPSA) is 69.9 Å². The van der Waals surface area contributed by atoms with Crippen molar-refractivity contribution in [2.75, 3.05) is 0 Å². The highest BCUT2D eigenvalue weighted by molar-refractivity contribution is 4.77. The molecule has 4 heteroatoms. The van der Waals surface area contributed by atoms with Crippen molar-refractivity contribution in [1.82, 2.24) is 0 Å². The summed E-state index contributed by atoms with van der Waals surface area (Å²) in [6.07, 6.45) is -3.07. The molecular weight excluding hydrogens is 136 g/mol. The molecule has 3 N–H and O–H groups in total. The predicted octanol–water partition coefficient (Wildman–Crippen LogP) is -1.16. The predicted molar refractivity (Wildman–Crippen MR) is 33.2 cm³/mol. The summed E-state index contributed by atoms with van der Waals surface area (Å²) in [6, 6.07) is 0. The van der Waals surface area contributed by atoms with Crippen LogP contribution >= 0.6 is 0 Å². The third-order valence-electron chi connectivity index (χ3n) is 1.63. The molecule has 0 bridgehead atoms. The normalized spacial score (nSPS) is 49.2. The average molecular weight is 148 g/mol. The summed E-state index contributed by atoms with van der Waals surface area (Å²) < 4.78 is 4.81. The minimum absolute atomic E-state index is 0.187. The van der Waals surface area contributed by atoms with E-state index < -0.39 is 18.5 Å². The minimum Gasteiger partial charge on any atom is -0.390 e. The van der Waals surface area contributed by atoms with Crippen molar-refractivity contribution in [3.05, 3.63) is 0 Å². The Morgan fingerprint density at radius 1 is 1.30 bits per heavy atom. The lowest BCUT2D eigenvalue weighted by molar-refractivity contribution is -0.242. The fraction of sp³-hybridized carbons (Fsp3) is 1.00. The molecule has 0 aromatic rings. The van der Waals surface area contributed by atoms with E-state index in [0.29, 0.717) is 6.42 Å². The lowest BCUT2D eigenvalue weighted by Crippen LogP contribution is -2.47. The molecule has 0 aromatic carbocycles. The van der Waals surface area contributed by atoms with Crippen molar-refractivity contribution in [1.29, 1.82) is 0 Å². The molecule has 1 saturated heterocycles. The van der Waals surface area contributed by atoms with Crippen LogP contribution in [0.15, 0.2) is 0 Å². The van der Waals surface area contributed by atoms with E-state index in [9.17, 15) is 0 Å². The van der Waals surface area contributed by atoms with Crippen molar-refractivity contribution < 1.29 is 20.1 Å². The molecular formula is C6H12O4. The van der Waals surface area contributed by atoms with E-state index in [-0.39, 0.29) is 6.10 Å². The lowest BCUT2D eigenvalue weighted by Gasteiger charge is -2.32. The Kier molecular flexibility index (Phi) is 2.25. The number of rotatable bonds is 0. The Morgan fingerprint density at radius 2 is 1.90 bits per heavy atom. The van der Waals surface area contributed by atoms with Crippen LogP contribution in [0.1, 0.15) is 13.3 Å². The average Bonchev–Trinajstić information content (AvgIpc) is 1.82. The van der Waals surface area contributed by atoms with Crippen LogP contribution in [-0.2, 0) is 4.74 Å². The third-order valence-corrected chi connectivity index (χ3v) is 1.63. The van der Waals surface area contributed by atoms with E-state index in [2.05, 4.69) is 0 Å². The van der Waals surface area contributed by atoms with Gasteiger partial charge in [0, 0.05) is 6.42 Å². The highest BCUT2D eigenvalue weighted by Gasteiger charge is 2.33. The second-order valence-electron chi connectivity index (χ2n) is 2.63. The van der Waals surface area contributed by atoms with Crippen molar-refractivity contribution in [3.63, 3.8) is 0 Å². The van der Waals surface area contributed by atoms with Crippen molar-refractivity contribution >= 4 is 0 Å². The van der Waals surface area contributed by atoms with E-state index in [1.807, 2.05) is 0 Å². The van der Waals surface area contributed by atoms with Crippen molar-refractivity contribution in [2.45, 2.75) is 37.9 Å². The van der Waals surface area contributed by atoms with Crippen molar-refractivity contribution in [2.24, 2.45) is 0 Å². The molecule has 0 saturated carbocycles. The SMILES string of the molecule is C[C@H]1C[C@@H](O)[C@H](O)[C@H](O)O1. The Morgan fingerprint density at radius 3 is 2.40 bits per heavy atom. The van der Waals surface area contributed by atoms with Gasteiger partial charge >= 0.3 is 0 Å². The molecule has 1 aliphatic rings. The fourth-order valence-electron chi connectivity index (χ4n) is 1.04. The van der Waals surface area contributed by atoms with Gasteiger partial charge in [-0.2, -0.15) is 0 Å². The summed E-state index contributed by atoms with van der Waals surface area (Å²) in [5, 5.41) is 26.9. The Bertz CT molecular complexity index is 104. The van der Waals surface area contributed by atoms with Crippen LogP contribution < -0.4 is 0 Å². The second-order valence-corrected chi connectivity index (χ2v) is 2.63. The van der Waals surface area contributed by atoms with Crippen LogP contribution in [0.25, 0.3) is 0 Å². The molecule has 0 spiro atoms. The number of hydrogen-bond acceptors (Lipinski definition) is 4. The number of aliphatic hydroxyl groups excluding tert-OH is 3. The standard InChI is InChI=1S/C6H12O4/c1-3-2-4(7)5(8)6(9)10-3/h3-9H,2H2,1H3/t3-,4+,5-,6+/m0/s1. The summed E-state index contributed by atoms with van der Waals surface area (Å²) in [5.41, 5.74) is 0. The van der Waals surface area contributed by atoms with Gasteiger partial charge in [-0.15, -0.1) is 0 Å². The van der Waals surface area contributed by atoms with Crippen LogP contribution in [0, 0.1) is 0 Å². The number of hydrogen-bond donors (Lipinski definition) is 3. The minimum atomic E-state index is -1.24. The van der Waals surface area contributed by atoms with Gasteiger partial charge < -0.3 is 20.1 Å². The zero-order valence-corrected chi connectivity index (χ0v) is 5.77. The molecule has 1 rings (SSSR count). The molecule has 0 radical (unpaired) electrons. The second kappa shape index (κ2) is 2.84. The molecule has 1 aliphatic heterocycles. The Labute approximate surface area is 59.1 Å². The molecule has 1 fully saturated rings. The Hall–Kier alpha value is -0.160. The summed E-state index contributed by atoms with van der Waals surface area (Å²) in [7, 11) is 0. The van der Waals surface area contributed by atoms with Crippen LogP contribution in [0.2, 0.25) is 0 Å². The molecule has 1 heterocycles. The molecule has 4 nitrogen and oxygen atoms in total. The van der Waals surface area contributed by atoms with E-state index in [1.54, 1.807) is 6.92 Å². The maximum Gasteiger partial charge on any atom is 0.183 e. The van der Waals surface area contributed by atoms with Gasteiger partial charge in [-0.1, -0.05) is 0 Å². The third kappa shape index (κ3) is 1.46. The van der Waals surface area contributed by atoms with E-state index in [4.69, 9.17) is 20.1 Å². The van der Waals surface area contributed by atoms with Gasteiger partial charge in [0.2, 0.25) is 0 Å². The van der Waals surface area contributed by atoms with Gasteiger partial charge in [0.05, 0.1) is 12.2 Å². The van der Waals surface area contributed by atoms with Gasteiger partial charge in [0.25, 0.3) is 0 Å². The van der Waals surface area contributed by atoms with Crippen molar-refractivity contribution in [3.8, 4) is 0 Å². The Balaban J connectivity index is 2.49. The summed E-state index contributed by atoms with van der Waals surface area (Å²) in [5.74, 6) is 0. The van der Waals surface area contributed by atoms with E-state index in [1.165, 1.54) is 0 Å². The molecule has 0 aliphatic carbocycles. The quantitative estimate of drug-likeness (QED) is 0.405. The smallest absolute Gasteiger partial charge is 0.183 e. The van der Waals surface area contributed by atoms with E-state index >= 15 is 0 Å². The number of aliphatic hydroxyl groups is 3. The fourth-order valence-corrected chi connectivity index (χ4v) is 1.04. The van der Waals surface area contributed by atoms with Crippen LogP contribution in [-0.4, -0.2) is 39.9 Å². The highest BCUT2D eigenvalue weighted by Crippen LogP contribution is 2.17. The van der Waals surface area contributed by atoms with Crippen LogP contribution in [0.3, 0.4) is 0 Å². The molecule has 0 amide bonds. The maximum absolute atomic E-state index is 9.03. The molecule has 10 heavy (non-hydrogen) atoms. The first-order chi connectivity index (χ1) is 4.61. The zero-order chi connectivity index (χ0) is 7.72. The molecule has 60 valence electrons. The first-order valence-electron chi connectivity index (χ1n) is 3.31. The highest BCUT2D eigenvalue weighted by atomic mass is 16.6. The first-order valence-corrected chi connectivity index (χ1v) is 3.31. The largest absolute Gasteiger partial charge is 0.390 e. The van der Waals surface area contributed by atoms with Gasteiger partial charge in [0.1, 0.15) is 6.10 Å². The molecule has 4 atom stereocenters. The maximum atomic E-state index is 9.03. The summed E-state index contributed by atoms with van der Waals surface area (Å²) in [6.45, 7) is 1.73. The molecule has 0 unspecified atom stereocenters.